The lowest BCUT2D eigenvalue weighted by atomic mass is 9.94. The molecule has 2 unspecified atom stereocenters. The van der Waals surface area contributed by atoms with Crippen LogP contribution in [0.3, 0.4) is 0 Å². The summed E-state index contributed by atoms with van der Waals surface area (Å²) in [6.07, 6.45) is 7.98. The molecule has 0 aliphatic carbocycles. The van der Waals surface area contributed by atoms with E-state index in [4.69, 9.17) is 9.47 Å². The van der Waals surface area contributed by atoms with Crippen molar-refractivity contribution < 1.29 is 14.3 Å². The molecule has 0 radical (unpaired) electrons. The maximum Gasteiger partial charge on any atom is 0.311 e. The van der Waals surface area contributed by atoms with E-state index < -0.39 is 0 Å². The first kappa shape index (κ1) is 22.4. The maximum absolute atomic E-state index is 12.3. The van der Waals surface area contributed by atoms with Gasteiger partial charge in [-0.05, 0) is 50.6 Å². The van der Waals surface area contributed by atoms with Gasteiger partial charge in [-0.3, -0.25) is 4.79 Å². The van der Waals surface area contributed by atoms with E-state index in [-0.39, 0.29) is 12.1 Å². The summed E-state index contributed by atoms with van der Waals surface area (Å²) in [5, 5.41) is 0. The van der Waals surface area contributed by atoms with Gasteiger partial charge in [-0.2, -0.15) is 0 Å². The van der Waals surface area contributed by atoms with E-state index in [0.717, 1.165) is 37.8 Å². The number of benzene rings is 2. The van der Waals surface area contributed by atoms with Crippen molar-refractivity contribution in [2.45, 2.75) is 70.4 Å². The van der Waals surface area contributed by atoms with Crippen LogP contribution in [-0.2, 0) is 4.79 Å². The molecule has 0 amide bonds. The van der Waals surface area contributed by atoms with Gasteiger partial charge >= 0.3 is 5.97 Å². The first-order chi connectivity index (χ1) is 14.7. The maximum atomic E-state index is 12.3. The number of hydrogen-bond donors (Lipinski definition) is 0. The minimum atomic E-state index is -0.192. The molecule has 1 aliphatic heterocycles. The third-order valence-corrected chi connectivity index (χ3v) is 5.91. The SMILES string of the molecule is CCCCCC(=O)Oc1ccccc1OC(CC1CCCCN1C)c1ccccc1. The number of carbonyl (C=O) groups is 1. The van der Waals surface area contributed by atoms with Crippen molar-refractivity contribution in [2.75, 3.05) is 13.6 Å². The van der Waals surface area contributed by atoms with Gasteiger partial charge in [-0.15, -0.1) is 0 Å². The van der Waals surface area contributed by atoms with Gasteiger partial charge in [0.05, 0.1) is 0 Å². The molecular weight excluding hydrogens is 374 g/mol. The Labute approximate surface area is 181 Å². The molecular formula is C26H35NO3. The van der Waals surface area contributed by atoms with Gasteiger partial charge in [0.2, 0.25) is 0 Å². The Morgan fingerprint density at radius 3 is 2.50 bits per heavy atom. The molecule has 30 heavy (non-hydrogen) atoms. The molecule has 3 rings (SSSR count). The van der Waals surface area contributed by atoms with Gasteiger partial charge in [-0.1, -0.05) is 68.7 Å². The van der Waals surface area contributed by atoms with Crippen LogP contribution < -0.4 is 9.47 Å². The molecule has 2 aromatic carbocycles. The molecule has 0 N–H and O–H groups in total. The van der Waals surface area contributed by atoms with Gasteiger partial charge in [0.25, 0.3) is 0 Å². The van der Waals surface area contributed by atoms with E-state index in [1.165, 1.54) is 19.3 Å². The van der Waals surface area contributed by atoms with Crippen LogP contribution in [0.1, 0.15) is 70.0 Å². The van der Waals surface area contributed by atoms with Crippen molar-refractivity contribution in [2.24, 2.45) is 0 Å². The van der Waals surface area contributed by atoms with Crippen molar-refractivity contribution in [1.29, 1.82) is 0 Å². The van der Waals surface area contributed by atoms with Crippen LogP contribution in [0.5, 0.6) is 11.5 Å². The highest BCUT2D eigenvalue weighted by atomic mass is 16.6. The number of hydrogen-bond acceptors (Lipinski definition) is 4. The Hall–Kier alpha value is -2.33. The Bertz CT molecular complexity index is 777. The molecule has 4 heteroatoms. The van der Waals surface area contributed by atoms with E-state index in [9.17, 15) is 4.79 Å². The molecule has 2 aromatic rings. The van der Waals surface area contributed by atoms with E-state index in [1.54, 1.807) is 0 Å². The molecule has 0 bridgehead atoms. The minimum absolute atomic E-state index is 0.0864. The Balaban J connectivity index is 1.75. The monoisotopic (exact) mass is 409 g/mol. The molecule has 1 fully saturated rings. The smallest absolute Gasteiger partial charge is 0.311 e. The van der Waals surface area contributed by atoms with Crippen LogP contribution in [0.15, 0.2) is 54.6 Å². The summed E-state index contributed by atoms with van der Waals surface area (Å²) in [6, 6.07) is 18.4. The fourth-order valence-corrected chi connectivity index (χ4v) is 4.09. The number of rotatable bonds is 10. The largest absolute Gasteiger partial charge is 0.482 e. The van der Waals surface area contributed by atoms with Crippen molar-refractivity contribution in [3.8, 4) is 11.5 Å². The lowest BCUT2D eigenvalue weighted by Gasteiger charge is -2.35. The average molecular weight is 410 g/mol. The third-order valence-electron chi connectivity index (χ3n) is 5.91. The number of para-hydroxylation sites is 2. The van der Waals surface area contributed by atoms with Crippen LogP contribution in [-0.4, -0.2) is 30.5 Å². The summed E-state index contributed by atoms with van der Waals surface area (Å²) in [5.74, 6) is 0.952. The first-order valence-corrected chi connectivity index (χ1v) is 11.4. The predicted molar refractivity (Wildman–Crippen MR) is 121 cm³/mol. The van der Waals surface area contributed by atoms with Crippen LogP contribution in [0.25, 0.3) is 0 Å². The molecule has 0 spiro atoms. The lowest BCUT2D eigenvalue weighted by molar-refractivity contribution is -0.134. The zero-order chi connectivity index (χ0) is 21.2. The van der Waals surface area contributed by atoms with E-state index in [2.05, 4.69) is 43.1 Å². The molecule has 1 saturated heterocycles. The van der Waals surface area contributed by atoms with Crippen LogP contribution in [0.2, 0.25) is 0 Å². The zero-order valence-corrected chi connectivity index (χ0v) is 18.4. The number of ether oxygens (including phenoxy) is 2. The highest BCUT2D eigenvalue weighted by Gasteiger charge is 2.26. The summed E-state index contributed by atoms with van der Waals surface area (Å²) in [7, 11) is 2.21. The predicted octanol–water partition coefficient (Wildman–Crippen LogP) is 6.17. The molecule has 1 aliphatic rings. The minimum Gasteiger partial charge on any atom is -0.482 e. The molecule has 2 atom stereocenters. The van der Waals surface area contributed by atoms with Gasteiger partial charge in [0, 0.05) is 18.9 Å². The second-order valence-electron chi connectivity index (χ2n) is 8.26. The highest BCUT2D eigenvalue weighted by Crippen LogP contribution is 2.35. The van der Waals surface area contributed by atoms with Gasteiger partial charge in [-0.25, -0.2) is 0 Å². The summed E-state index contributed by atoms with van der Waals surface area (Å²) in [5.41, 5.74) is 1.15. The summed E-state index contributed by atoms with van der Waals surface area (Å²) in [4.78, 5) is 14.7. The first-order valence-electron chi connectivity index (χ1n) is 11.4. The number of esters is 1. The Morgan fingerprint density at radius 2 is 1.77 bits per heavy atom. The summed E-state index contributed by atoms with van der Waals surface area (Å²) < 4.78 is 12.2. The summed E-state index contributed by atoms with van der Waals surface area (Å²) in [6.45, 7) is 3.26. The van der Waals surface area contributed by atoms with Crippen molar-refractivity contribution in [3.05, 3.63) is 60.2 Å². The quantitative estimate of drug-likeness (QED) is 0.267. The van der Waals surface area contributed by atoms with Crippen molar-refractivity contribution in [3.63, 3.8) is 0 Å². The Kier molecular flexibility index (Phi) is 8.76. The second kappa shape index (κ2) is 11.8. The van der Waals surface area contributed by atoms with E-state index >= 15 is 0 Å². The standard InChI is InChI=1S/C26H35NO3/c1-3-4-6-18-26(28)30-24-17-10-9-16-23(24)29-25(21-13-7-5-8-14-21)20-22-15-11-12-19-27(22)2/h5,7-10,13-14,16-17,22,25H,3-4,6,11-12,15,18-20H2,1-2H3. The second-order valence-corrected chi connectivity index (χ2v) is 8.26. The number of likely N-dealkylation sites (tertiary alicyclic amines) is 1. The zero-order valence-electron chi connectivity index (χ0n) is 18.4. The fraction of sp³-hybridized carbons (Fsp3) is 0.500. The third kappa shape index (κ3) is 6.60. The van der Waals surface area contributed by atoms with Crippen molar-refractivity contribution >= 4 is 5.97 Å². The molecule has 1 heterocycles. The Morgan fingerprint density at radius 1 is 1.03 bits per heavy atom. The molecule has 4 nitrogen and oxygen atoms in total. The topological polar surface area (TPSA) is 38.8 Å². The van der Waals surface area contributed by atoms with Crippen molar-refractivity contribution in [1.82, 2.24) is 4.90 Å². The normalized spacial score (nSPS) is 18.0. The number of nitrogens with zero attached hydrogens (tertiary/aromatic N) is 1. The van der Waals surface area contributed by atoms with Crippen LogP contribution in [0.4, 0.5) is 0 Å². The van der Waals surface area contributed by atoms with Gasteiger partial charge < -0.3 is 14.4 Å². The lowest BCUT2D eigenvalue weighted by Crippen LogP contribution is -2.37. The molecule has 0 aromatic heterocycles. The number of piperidine rings is 1. The number of carbonyl (C=O) groups excluding carboxylic acids is 1. The molecule has 162 valence electrons. The van der Waals surface area contributed by atoms with E-state index in [0.29, 0.717) is 24.0 Å². The van der Waals surface area contributed by atoms with Gasteiger partial charge in [0.1, 0.15) is 6.10 Å². The van der Waals surface area contributed by atoms with Crippen LogP contribution in [0, 0.1) is 0 Å². The summed E-state index contributed by atoms with van der Waals surface area (Å²) >= 11 is 0. The highest BCUT2D eigenvalue weighted by molar-refractivity contribution is 5.73. The van der Waals surface area contributed by atoms with Gasteiger partial charge in [0.15, 0.2) is 11.5 Å². The fourth-order valence-electron chi connectivity index (χ4n) is 4.09. The molecule has 0 saturated carbocycles. The average Bonchev–Trinajstić information content (AvgIpc) is 2.77. The number of unbranched alkanes of at least 4 members (excludes halogenated alkanes) is 2. The van der Waals surface area contributed by atoms with E-state index in [1.807, 2.05) is 30.3 Å². The van der Waals surface area contributed by atoms with Crippen LogP contribution >= 0.6 is 0 Å².